The minimum atomic E-state index is -1.31. The van der Waals surface area contributed by atoms with Crippen molar-refractivity contribution < 1.29 is 13.9 Å². The Hall–Kier alpha value is -1.89. The monoisotopic (exact) mass is 181 g/mol. The van der Waals surface area contributed by atoms with E-state index < -0.39 is 17.4 Å². The molecule has 0 fully saturated rings. The lowest BCUT2D eigenvalue weighted by Gasteiger charge is -1.99. The number of hydrogen-bond acceptors (Lipinski definition) is 2. The number of nitriles is 1. The summed E-state index contributed by atoms with van der Waals surface area (Å²) in [6.07, 6.45) is 2.15. The molecule has 2 nitrogen and oxygen atoms in total. The number of phenolic OH excluding ortho intramolecular Hbond substituents is 1. The van der Waals surface area contributed by atoms with Gasteiger partial charge >= 0.3 is 0 Å². The zero-order chi connectivity index (χ0) is 9.84. The number of rotatable bonds is 1. The third kappa shape index (κ3) is 1.82. The first-order valence-electron chi connectivity index (χ1n) is 3.40. The summed E-state index contributed by atoms with van der Waals surface area (Å²) in [5.41, 5.74) is -0.0724. The molecule has 13 heavy (non-hydrogen) atoms. The van der Waals surface area contributed by atoms with Crippen LogP contribution in [0.1, 0.15) is 5.56 Å². The molecule has 4 heteroatoms. The smallest absolute Gasteiger partial charge is 0.200 e. The van der Waals surface area contributed by atoms with Crippen LogP contribution >= 0.6 is 0 Å². The molecule has 0 heterocycles. The van der Waals surface area contributed by atoms with Crippen LogP contribution in [-0.4, -0.2) is 5.11 Å². The molecule has 66 valence electrons. The standard InChI is InChI=1S/C9H5F2NO/c10-8-6(2-1-5-12)3-4-7(13)9(8)11/h1-4,13H. The number of aromatic hydroxyl groups is 1. The molecule has 1 N–H and O–H groups in total. The van der Waals surface area contributed by atoms with E-state index in [1.54, 1.807) is 6.07 Å². The number of hydrogen-bond donors (Lipinski definition) is 1. The SMILES string of the molecule is N#CC=Cc1ccc(O)c(F)c1F. The molecule has 0 bridgehead atoms. The van der Waals surface area contributed by atoms with Crippen LogP contribution in [0.25, 0.3) is 6.08 Å². The van der Waals surface area contributed by atoms with Gasteiger partial charge in [-0.05, 0) is 18.2 Å². The van der Waals surface area contributed by atoms with Crippen molar-refractivity contribution in [3.63, 3.8) is 0 Å². The lowest BCUT2D eigenvalue weighted by Crippen LogP contribution is -1.88. The summed E-state index contributed by atoms with van der Waals surface area (Å²) in [5, 5.41) is 16.9. The van der Waals surface area contributed by atoms with E-state index in [2.05, 4.69) is 0 Å². The van der Waals surface area contributed by atoms with Crippen LogP contribution in [0.3, 0.4) is 0 Å². The van der Waals surface area contributed by atoms with Gasteiger partial charge in [0.2, 0.25) is 5.82 Å². The van der Waals surface area contributed by atoms with E-state index in [-0.39, 0.29) is 5.56 Å². The summed E-state index contributed by atoms with van der Waals surface area (Å²) in [4.78, 5) is 0. The Labute approximate surface area is 73.4 Å². The Balaban J connectivity index is 3.20. The molecule has 0 aliphatic carbocycles. The number of phenols is 1. The van der Waals surface area contributed by atoms with Crippen molar-refractivity contribution in [2.24, 2.45) is 0 Å². The lowest BCUT2D eigenvalue weighted by molar-refractivity contribution is 0.406. The van der Waals surface area contributed by atoms with Gasteiger partial charge in [0, 0.05) is 11.6 Å². The van der Waals surface area contributed by atoms with Gasteiger partial charge < -0.3 is 5.11 Å². The Morgan fingerprint density at radius 1 is 1.31 bits per heavy atom. The predicted molar refractivity (Wildman–Crippen MR) is 42.7 cm³/mol. The Morgan fingerprint density at radius 2 is 2.00 bits per heavy atom. The van der Waals surface area contributed by atoms with Gasteiger partial charge in [0.1, 0.15) is 0 Å². The maximum absolute atomic E-state index is 12.9. The summed E-state index contributed by atoms with van der Waals surface area (Å²) in [6.45, 7) is 0. The Kier molecular flexibility index (Phi) is 2.60. The van der Waals surface area contributed by atoms with Gasteiger partial charge in [0.15, 0.2) is 11.6 Å². The van der Waals surface area contributed by atoms with Crippen LogP contribution in [0.15, 0.2) is 18.2 Å². The number of benzene rings is 1. The van der Waals surface area contributed by atoms with Crippen LogP contribution < -0.4 is 0 Å². The van der Waals surface area contributed by atoms with E-state index in [1.807, 2.05) is 0 Å². The topological polar surface area (TPSA) is 44.0 Å². The maximum Gasteiger partial charge on any atom is 0.200 e. The average Bonchev–Trinajstić information content (AvgIpc) is 2.13. The van der Waals surface area contributed by atoms with Crippen molar-refractivity contribution in [1.29, 1.82) is 5.26 Å². The van der Waals surface area contributed by atoms with Gasteiger partial charge in [0.05, 0.1) is 6.07 Å². The van der Waals surface area contributed by atoms with E-state index in [1.165, 1.54) is 6.07 Å². The Morgan fingerprint density at radius 3 is 2.62 bits per heavy atom. The summed E-state index contributed by atoms with van der Waals surface area (Å²) >= 11 is 0. The first kappa shape index (κ1) is 9.20. The molecular weight excluding hydrogens is 176 g/mol. The largest absolute Gasteiger partial charge is 0.505 e. The van der Waals surface area contributed by atoms with Crippen LogP contribution in [-0.2, 0) is 0 Å². The van der Waals surface area contributed by atoms with Gasteiger partial charge in [-0.1, -0.05) is 0 Å². The first-order valence-corrected chi connectivity index (χ1v) is 3.40. The molecule has 0 aliphatic rings. The fourth-order valence-electron chi connectivity index (χ4n) is 0.810. The van der Waals surface area contributed by atoms with Crippen molar-refractivity contribution in [3.8, 4) is 11.8 Å². The number of nitrogens with zero attached hydrogens (tertiary/aromatic N) is 1. The molecule has 1 aromatic rings. The third-order valence-corrected chi connectivity index (χ3v) is 1.43. The van der Waals surface area contributed by atoms with Gasteiger partial charge in [-0.3, -0.25) is 0 Å². The highest BCUT2D eigenvalue weighted by molar-refractivity contribution is 5.53. The van der Waals surface area contributed by atoms with Crippen molar-refractivity contribution in [1.82, 2.24) is 0 Å². The van der Waals surface area contributed by atoms with Crippen LogP contribution in [0, 0.1) is 23.0 Å². The predicted octanol–water partition coefficient (Wildman–Crippen LogP) is 2.21. The number of allylic oxidation sites excluding steroid dienone is 1. The lowest BCUT2D eigenvalue weighted by atomic mass is 10.2. The zero-order valence-electron chi connectivity index (χ0n) is 6.46. The summed E-state index contributed by atoms with van der Waals surface area (Å²) in [5.74, 6) is -3.21. The van der Waals surface area contributed by atoms with E-state index >= 15 is 0 Å². The van der Waals surface area contributed by atoms with Crippen molar-refractivity contribution in [3.05, 3.63) is 35.4 Å². The average molecular weight is 181 g/mol. The molecular formula is C9H5F2NO. The second-order valence-corrected chi connectivity index (χ2v) is 2.26. The van der Waals surface area contributed by atoms with Crippen LogP contribution in [0.4, 0.5) is 8.78 Å². The van der Waals surface area contributed by atoms with Crippen molar-refractivity contribution >= 4 is 6.08 Å². The van der Waals surface area contributed by atoms with Gasteiger partial charge in [-0.25, -0.2) is 4.39 Å². The minimum Gasteiger partial charge on any atom is -0.505 e. The first-order chi connectivity index (χ1) is 6.16. The molecule has 0 unspecified atom stereocenters. The normalized spacial score (nSPS) is 10.2. The van der Waals surface area contributed by atoms with Gasteiger partial charge in [-0.15, -0.1) is 0 Å². The summed E-state index contributed by atoms with van der Waals surface area (Å²) in [6, 6.07) is 3.85. The molecule has 0 spiro atoms. The summed E-state index contributed by atoms with van der Waals surface area (Å²) in [7, 11) is 0. The van der Waals surface area contributed by atoms with E-state index in [9.17, 15) is 8.78 Å². The highest BCUT2D eigenvalue weighted by atomic mass is 19.2. The molecule has 0 aromatic heterocycles. The van der Waals surface area contributed by atoms with Crippen LogP contribution in [0.5, 0.6) is 5.75 Å². The highest BCUT2D eigenvalue weighted by Gasteiger charge is 2.10. The van der Waals surface area contributed by atoms with Crippen molar-refractivity contribution in [2.45, 2.75) is 0 Å². The molecule has 1 aromatic carbocycles. The van der Waals surface area contributed by atoms with Crippen LogP contribution in [0.2, 0.25) is 0 Å². The molecule has 0 saturated carbocycles. The third-order valence-electron chi connectivity index (χ3n) is 1.43. The molecule has 0 saturated heterocycles. The fourth-order valence-corrected chi connectivity index (χ4v) is 0.810. The summed E-state index contributed by atoms with van der Waals surface area (Å²) < 4.78 is 25.6. The van der Waals surface area contributed by atoms with Gasteiger partial charge in [0.25, 0.3) is 0 Å². The second-order valence-electron chi connectivity index (χ2n) is 2.26. The van der Waals surface area contributed by atoms with E-state index in [0.717, 1.165) is 18.2 Å². The van der Waals surface area contributed by atoms with Gasteiger partial charge in [-0.2, -0.15) is 9.65 Å². The molecule has 0 aliphatic heterocycles. The van der Waals surface area contributed by atoms with E-state index in [0.29, 0.717) is 0 Å². The number of halogens is 2. The Bertz CT molecular complexity index is 393. The second kappa shape index (κ2) is 3.68. The maximum atomic E-state index is 12.9. The molecule has 0 atom stereocenters. The van der Waals surface area contributed by atoms with E-state index in [4.69, 9.17) is 10.4 Å². The minimum absolute atomic E-state index is 0.0724. The quantitative estimate of drug-likeness (QED) is 0.675. The molecule has 0 radical (unpaired) electrons. The highest BCUT2D eigenvalue weighted by Crippen LogP contribution is 2.21. The fraction of sp³-hybridized carbons (Fsp3) is 0. The van der Waals surface area contributed by atoms with Crippen molar-refractivity contribution in [2.75, 3.05) is 0 Å². The molecule has 0 amide bonds. The molecule has 1 rings (SSSR count). The zero-order valence-corrected chi connectivity index (χ0v) is 6.46.